The molecule has 17 nitrogen and oxygen atoms in total. The van der Waals surface area contributed by atoms with Crippen LogP contribution in [0.1, 0.15) is 18.7 Å². The van der Waals surface area contributed by atoms with Crippen molar-refractivity contribution < 1.29 is 57.6 Å². The van der Waals surface area contributed by atoms with Crippen molar-refractivity contribution in [1.82, 2.24) is 9.55 Å². The van der Waals surface area contributed by atoms with E-state index in [1.54, 1.807) is 48.5 Å². The standard InChI is InChI=1S/C28H32N3O14P/c1-27(38)21(33)19(44-24(27)31-14-13-20(32)29-26(31)37)16-43-46(39,40)45-25(36)28(41-2,30-18-11-7-4-8-12-18)22(23(34)35)42-15-17-9-5-3-6-10-17/h3-14,19,21-22,24,30,33,38H,15-16H2,1-2H3,(H,34,35)(H,39,40)(H,29,32,37)/t19-,21-,22?,24-,27-,28-/m1/s1. The van der Waals surface area contributed by atoms with Crippen LogP contribution in [0.3, 0.4) is 0 Å². The van der Waals surface area contributed by atoms with Crippen LogP contribution in [0.2, 0.25) is 0 Å². The van der Waals surface area contributed by atoms with E-state index in [0.717, 1.165) is 30.9 Å². The minimum atomic E-state index is -5.45. The highest BCUT2D eigenvalue weighted by Gasteiger charge is 2.57. The average Bonchev–Trinajstić information content (AvgIpc) is 3.23. The van der Waals surface area contributed by atoms with Gasteiger partial charge in [-0.1, -0.05) is 48.5 Å². The molecule has 1 aliphatic heterocycles. The number of aromatic nitrogens is 2. The van der Waals surface area contributed by atoms with Crippen LogP contribution in [0, 0.1) is 0 Å². The summed E-state index contributed by atoms with van der Waals surface area (Å²) in [5.41, 5.74) is -5.94. The Bertz CT molecular complexity index is 1680. The molecule has 1 aromatic heterocycles. The van der Waals surface area contributed by atoms with Crippen LogP contribution in [-0.2, 0) is 44.0 Å². The Morgan fingerprint density at radius 3 is 2.35 bits per heavy atom. The number of phosphoric acid groups is 1. The van der Waals surface area contributed by atoms with Gasteiger partial charge in [-0.05, 0) is 24.6 Å². The zero-order valence-electron chi connectivity index (χ0n) is 24.4. The number of hydrogen-bond acceptors (Lipinski definition) is 13. The fourth-order valence-electron chi connectivity index (χ4n) is 4.67. The van der Waals surface area contributed by atoms with Gasteiger partial charge in [0, 0.05) is 25.1 Å². The molecule has 0 bridgehead atoms. The summed E-state index contributed by atoms with van der Waals surface area (Å²) in [4.78, 5) is 62.2. The van der Waals surface area contributed by atoms with Gasteiger partial charge in [0.15, 0.2) is 6.23 Å². The first-order valence-electron chi connectivity index (χ1n) is 13.6. The van der Waals surface area contributed by atoms with Crippen molar-refractivity contribution in [2.75, 3.05) is 19.0 Å². The summed E-state index contributed by atoms with van der Waals surface area (Å²) in [6.45, 7) is -0.162. The Labute approximate surface area is 260 Å². The number of H-pyrrole nitrogens is 1. The summed E-state index contributed by atoms with van der Waals surface area (Å²) in [7, 11) is -4.50. The van der Waals surface area contributed by atoms with Gasteiger partial charge in [-0.2, -0.15) is 0 Å². The fraction of sp³-hybridized carbons (Fsp3) is 0.357. The molecule has 0 amide bonds. The quantitative estimate of drug-likeness (QED) is 0.100. The van der Waals surface area contributed by atoms with Crippen molar-refractivity contribution in [1.29, 1.82) is 0 Å². The number of phosphoric ester groups is 1. The van der Waals surface area contributed by atoms with E-state index in [-0.39, 0.29) is 12.3 Å². The van der Waals surface area contributed by atoms with E-state index in [0.29, 0.717) is 5.56 Å². The summed E-state index contributed by atoms with van der Waals surface area (Å²) < 4.78 is 39.9. The zero-order chi connectivity index (χ0) is 33.7. The molecule has 4 rings (SSSR count). The van der Waals surface area contributed by atoms with Crippen LogP contribution in [0.25, 0.3) is 0 Å². The van der Waals surface area contributed by atoms with Crippen molar-refractivity contribution in [3.05, 3.63) is 99.3 Å². The number of aliphatic hydroxyl groups is 2. The lowest BCUT2D eigenvalue weighted by molar-refractivity contribution is -0.190. The number of methoxy groups -OCH3 is 1. The molecule has 2 aromatic carbocycles. The molecule has 1 fully saturated rings. The number of para-hydroxylation sites is 1. The third-order valence-electron chi connectivity index (χ3n) is 7.04. The van der Waals surface area contributed by atoms with Crippen LogP contribution >= 0.6 is 7.82 Å². The minimum absolute atomic E-state index is 0.151. The Kier molecular flexibility index (Phi) is 10.6. The number of anilines is 1. The van der Waals surface area contributed by atoms with Gasteiger partial charge in [-0.25, -0.2) is 18.9 Å². The molecule has 3 aromatic rings. The first kappa shape index (κ1) is 34.7. The maximum atomic E-state index is 13.6. The Hall–Kier alpha value is -4.19. The van der Waals surface area contributed by atoms with Crippen molar-refractivity contribution in [3.8, 4) is 0 Å². The summed E-state index contributed by atoms with van der Waals surface area (Å²) >= 11 is 0. The number of carboxylic acids is 1. The predicted molar refractivity (Wildman–Crippen MR) is 156 cm³/mol. The second-order valence-electron chi connectivity index (χ2n) is 10.3. The SMILES string of the molecule is CO[C@@](Nc1ccccc1)(C(=O)OP(=O)(O)OC[C@H]1O[C@@H](n2ccc(=O)[nH]c2=O)[C@](C)(O)[C@@H]1O)C(OCc1ccccc1)C(=O)O. The van der Waals surface area contributed by atoms with Gasteiger partial charge in [0.1, 0.15) is 17.8 Å². The second kappa shape index (κ2) is 14.1. The molecule has 6 N–H and O–H groups in total. The number of aliphatic carboxylic acids is 1. The fourth-order valence-corrected chi connectivity index (χ4v) is 5.41. The number of ether oxygens (including phenoxy) is 3. The Morgan fingerprint density at radius 2 is 1.76 bits per heavy atom. The summed E-state index contributed by atoms with van der Waals surface area (Å²) in [5, 5.41) is 34.2. The van der Waals surface area contributed by atoms with E-state index < -0.39 is 73.5 Å². The van der Waals surface area contributed by atoms with Crippen molar-refractivity contribution in [2.24, 2.45) is 0 Å². The molecule has 1 aliphatic rings. The van der Waals surface area contributed by atoms with E-state index >= 15 is 0 Å². The van der Waals surface area contributed by atoms with E-state index in [1.165, 1.54) is 12.1 Å². The molecule has 18 heteroatoms. The van der Waals surface area contributed by atoms with E-state index in [2.05, 4.69) is 5.32 Å². The lowest BCUT2D eigenvalue weighted by Gasteiger charge is -2.36. The zero-order valence-corrected chi connectivity index (χ0v) is 25.3. The van der Waals surface area contributed by atoms with Crippen LogP contribution in [0.4, 0.5) is 5.69 Å². The number of benzene rings is 2. The van der Waals surface area contributed by atoms with Crippen LogP contribution in [0.15, 0.2) is 82.5 Å². The van der Waals surface area contributed by atoms with Crippen molar-refractivity contribution in [3.63, 3.8) is 0 Å². The smallest absolute Gasteiger partial charge is 0.479 e. The second-order valence-corrected chi connectivity index (χ2v) is 11.7. The molecule has 0 aliphatic carbocycles. The number of hydrogen-bond donors (Lipinski definition) is 6. The molecule has 46 heavy (non-hydrogen) atoms. The number of nitrogens with one attached hydrogen (secondary N) is 2. The highest BCUT2D eigenvalue weighted by Crippen LogP contribution is 2.47. The first-order chi connectivity index (χ1) is 21.7. The van der Waals surface area contributed by atoms with Gasteiger partial charge in [0.2, 0.25) is 6.10 Å². The molecule has 0 saturated carbocycles. The molecule has 2 heterocycles. The van der Waals surface area contributed by atoms with Crippen LogP contribution < -0.4 is 16.6 Å². The van der Waals surface area contributed by atoms with Gasteiger partial charge >= 0.3 is 25.5 Å². The lowest BCUT2D eigenvalue weighted by atomic mass is 9.96. The van der Waals surface area contributed by atoms with Gasteiger partial charge in [-0.15, -0.1) is 0 Å². The summed E-state index contributed by atoms with van der Waals surface area (Å²) in [5.74, 6) is -3.41. The maximum Gasteiger partial charge on any atom is 0.529 e. The van der Waals surface area contributed by atoms with Crippen molar-refractivity contribution >= 4 is 25.4 Å². The number of carboxylic acid groups (broad SMARTS) is 1. The van der Waals surface area contributed by atoms with Gasteiger partial charge in [0.05, 0.1) is 13.2 Å². The molecular formula is C28H32N3O14P. The topological polar surface area (TPSA) is 245 Å². The molecule has 0 spiro atoms. The number of aromatic amines is 1. The van der Waals surface area contributed by atoms with E-state index in [4.69, 9.17) is 23.3 Å². The molecular weight excluding hydrogens is 633 g/mol. The first-order valence-corrected chi connectivity index (χ1v) is 15.0. The Morgan fingerprint density at radius 1 is 1.13 bits per heavy atom. The van der Waals surface area contributed by atoms with Gasteiger partial charge < -0.3 is 39.4 Å². The van der Waals surface area contributed by atoms with Gasteiger partial charge in [-0.3, -0.25) is 23.8 Å². The molecule has 0 radical (unpaired) electrons. The number of nitrogens with zero attached hydrogens (tertiary/aromatic N) is 1. The highest BCUT2D eigenvalue weighted by atomic mass is 31.2. The highest BCUT2D eigenvalue weighted by molar-refractivity contribution is 7.48. The third-order valence-corrected chi connectivity index (χ3v) is 7.91. The van der Waals surface area contributed by atoms with E-state index in [9.17, 15) is 44.0 Å². The largest absolute Gasteiger partial charge is 0.529 e. The van der Waals surface area contributed by atoms with Crippen LogP contribution in [-0.4, -0.2) is 85.1 Å². The molecule has 2 unspecified atom stereocenters. The van der Waals surface area contributed by atoms with E-state index in [1.807, 2.05) is 4.98 Å². The number of rotatable bonds is 14. The predicted octanol–water partition coefficient (Wildman–Crippen LogP) is 0.331. The summed E-state index contributed by atoms with van der Waals surface area (Å²) in [6, 6.07) is 17.0. The normalized spacial score (nSPS) is 24.3. The summed E-state index contributed by atoms with van der Waals surface area (Å²) in [6.07, 6.45) is -6.09. The Balaban J connectivity index is 1.55. The molecule has 1 saturated heterocycles. The van der Waals surface area contributed by atoms with Gasteiger partial charge in [0.25, 0.3) is 11.3 Å². The van der Waals surface area contributed by atoms with Crippen LogP contribution in [0.5, 0.6) is 0 Å². The monoisotopic (exact) mass is 665 g/mol. The third kappa shape index (κ3) is 7.60. The molecule has 7 atom stereocenters. The number of carbonyl (C=O) groups is 2. The molecule has 248 valence electrons. The van der Waals surface area contributed by atoms with Crippen molar-refractivity contribution in [2.45, 2.75) is 49.4 Å². The number of aliphatic hydroxyl groups excluding tert-OH is 1. The average molecular weight is 666 g/mol. The lowest BCUT2D eigenvalue weighted by Crippen LogP contribution is -2.61. The minimum Gasteiger partial charge on any atom is -0.479 e. The number of carbonyl (C=O) groups excluding carboxylic acids is 1. The maximum absolute atomic E-state index is 13.6.